The lowest BCUT2D eigenvalue weighted by atomic mass is 9.79. The minimum absolute atomic E-state index is 0.00847. The van der Waals surface area contributed by atoms with Gasteiger partial charge in [-0.25, -0.2) is 0 Å². The molecule has 0 amide bonds. The fourth-order valence-electron chi connectivity index (χ4n) is 4.37. The lowest BCUT2D eigenvalue weighted by Crippen LogP contribution is -3.20. The zero-order valence-corrected chi connectivity index (χ0v) is 14.8. The summed E-state index contributed by atoms with van der Waals surface area (Å²) in [6.45, 7) is 3.69. The molecule has 7 nitrogen and oxygen atoms in total. The van der Waals surface area contributed by atoms with Crippen molar-refractivity contribution in [2.45, 2.75) is 37.6 Å². The van der Waals surface area contributed by atoms with Gasteiger partial charge in [0.2, 0.25) is 5.82 Å². The third-order valence-electron chi connectivity index (χ3n) is 5.69. The average Bonchev–Trinajstić information content (AvgIpc) is 3.20. The summed E-state index contributed by atoms with van der Waals surface area (Å²) in [5, 5.41) is 12.9. The zero-order valence-electron chi connectivity index (χ0n) is 14.8. The van der Waals surface area contributed by atoms with Crippen LogP contribution in [0.5, 0.6) is 5.75 Å². The maximum Gasteiger partial charge on any atom is 0.217 e. The summed E-state index contributed by atoms with van der Waals surface area (Å²) in [6, 6.07) is 7.94. The summed E-state index contributed by atoms with van der Waals surface area (Å²) in [5.41, 5.74) is 0.976. The van der Waals surface area contributed by atoms with Gasteiger partial charge in [0.25, 0.3) is 0 Å². The van der Waals surface area contributed by atoms with Crippen LogP contribution >= 0.6 is 0 Å². The molecule has 4 rings (SSSR count). The van der Waals surface area contributed by atoms with E-state index in [4.69, 9.17) is 9.47 Å². The zero-order chi connectivity index (χ0) is 17.1. The van der Waals surface area contributed by atoms with E-state index in [2.05, 4.69) is 15.5 Å². The molecule has 1 saturated heterocycles. The number of tetrazole rings is 1. The van der Waals surface area contributed by atoms with Crippen LogP contribution in [0.4, 0.5) is 0 Å². The molecule has 1 N–H and O–H groups in total. The Morgan fingerprint density at radius 2 is 1.80 bits per heavy atom. The summed E-state index contributed by atoms with van der Waals surface area (Å²) in [6.07, 6.45) is 6.05. The topological polar surface area (TPSA) is 66.5 Å². The molecule has 0 bridgehead atoms. The van der Waals surface area contributed by atoms with E-state index in [1.807, 2.05) is 28.9 Å². The van der Waals surface area contributed by atoms with Gasteiger partial charge in [-0.15, -0.1) is 5.10 Å². The predicted octanol–water partition coefficient (Wildman–Crippen LogP) is 0.745. The monoisotopic (exact) mass is 344 g/mol. The summed E-state index contributed by atoms with van der Waals surface area (Å²) in [4.78, 5) is 1.57. The molecule has 134 valence electrons. The molecule has 1 aromatic carbocycles. The van der Waals surface area contributed by atoms with Crippen molar-refractivity contribution >= 4 is 0 Å². The van der Waals surface area contributed by atoms with Gasteiger partial charge >= 0.3 is 0 Å². The van der Waals surface area contributed by atoms with Crippen LogP contribution in [0.2, 0.25) is 0 Å². The molecule has 0 spiro atoms. The molecule has 0 atom stereocenters. The molecule has 1 aromatic heterocycles. The Balaban J connectivity index is 1.73. The number of methoxy groups -OCH3 is 1. The second-order valence-corrected chi connectivity index (χ2v) is 6.97. The molecule has 0 unspecified atom stereocenters. The van der Waals surface area contributed by atoms with E-state index in [1.54, 1.807) is 12.0 Å². The smallest absolute Gasteiger partial charge is 0.217 e. The Kier molecular flexibility index (Phi) is 4.67. The van der Waals surface area contributed by atoms with Gasteiger partial charge in [-0.3, -0.25) is 0 Å². The normalized spacial score (nSPS) is 21.2. The molecule has 7 heteroatoms. The van der Waals surface area contributed by atoms with E-state index in [0.29, 0.717) is 0 Å². The number of quaternary nitrogens is 1. The Morgan fingerprint density at radius 3 is 2.48 bits per heavy atom. The third kappa shape index (κ3) is 3.02. The molecule has 1 saturated carbocycles. The first kappa shape index (κ1) is 16.5. The fraction of sp³-hybridized carbons (Fsp3) is 0.611. The molecular formula is C18H26N5O2+. The van der Waals surface area contributed by atoms with Crippen LogP contribution in [0.15, 0.2) is 24.3 Å². The number of benzene rings is 1. The summed E-state index contributed by atoms with van der Waals surface area (Å²) in [5.74, 6) is 1.83. The van der Waals surface area contributed by atoms with Crippen molar-refractivity contribution in [1.82, 2.24) is 20.2 Å². The van der Waals surface area contributed by atoms with Gasteiger partial charge in [-0.1, -0.05) is 6.42 Å². The molecule has 0 radical (unpaired) electrons. The van der Waals surface area contributed by atoms with E-state index in [1.165, 1.54) is 19.3 Å². The highest BCUT2D eigenvalue weighted by Crippen LogP contribution is 2.34. The maximum absolute atomic E-state index is 5.60. The van der Waals surface area contributed by atoms with E-state index in [9.17, 15) is 0 Å². The number of hydrogen-bond donors (Lipinski definition) is 1. The standard InChI is InChI=1S/C18H25N5O2/c1-24-16-7-5-15(6-8-16)23-17(19-20-21-23)18(9-3-2-4-10-18)22-11-13-25-14-12-22/h5-8H,2-4,9-14H2,1H3/p+1. The van der Waals surface area contributed by atoms with Crippen LogP contribution in [0, 0.1) is 0 Å². The second-order valence-electron chi connectivity index (χ2n) is 6.97. The number of ether oxygens (including phenoxy) is 2. The van der Waals surface area contributed by atoms with Gasteiger partial charge in [0.05, 0.1) is 26.0 Å². The first-order valence-electron chi connectivity index (χ1n) is 9.20. The van der Waals surface area contributed by atoms with Crippen LogP contribution < -0.4 is 9.64 Å². The van der Waals surface area contributed by atoms with Crippen LogP contribution in [0.3, 0.4) is 0 Å². The van der Waals surface area contributed by atoms with Crippen molar-refractivity contribution in [1.29, 1.82) is 0 Å². The summed E-state index contributed by atoms with van der Waals surface area (Å²) in [7, 11) is 1.68. The lowest BCUT2D eigenvalue weighted by molar-refractivity contribution is -0.970. The van der Waals surface area contributed by atoms with Crippen LogP contribution in [-0.2, 0) is 10.3 Å². The number of morpholine rings is 1. The van der Waals surface area contributed by atoms with Gasteiger partial charge in [0.1, 0.15) is 18.8 Å². The Bertz CT molecular complexity index is 688. The van der Waals surface area contributed by atoms with Crippen LogP contribution in [0.25, 0.3) is 5.69 Å². The van der Waals surface area contributed by atoms with Gasteiger partial charge < -0.3 is 14.4 Å². The average molecular weight is 344 g/mol. The van der Waals surface area contributed by atoms with Crippen LogP contribution in [-0.4, -0.2) is 53.6 Å². The highest BCUT2D eigenvalue weighted by molar-refractivity contribution is 5.37. The Hall–Kier alpha value is -1.99. The number of nitrogens with zero attached hydrogens (tertiary/aromatic N) is 4. The number of hydrogen-bond acceptors (Lipinski definition) is 5. The van der Waals surface area contributed by atoms with Gasteiger partial charge in [0.15, 0.2) is 5.54 Å². The minimum Gasteiger partial charge on any atom is -0.497 e. The largest absolute Gasteiger partial charge is 0.497 e. The van der Waals surface area contributed by atoms with Crippen molar-refractivity contribution in [3.63, 3.8) is 0 Å². The fourth-order valence-corrected chi connectivity index (χ4v) is 4.37. The first-order chi connectivity index (χ1) is 12.3. The van der Waals surface area contributed by atoms with Crippen molar-refractivity contribution in [3.8, 4) is 11.4 Å². The highest BCUT2D eigenvalue weighted by Gasteiger charge is 2.48. The Morgan fingerprint density at radius 1 is 1.08 bits per heavy atom. The van der Waals surface area contributed by atoms with E-state index < -0.39 is 0 Å². The molecular weight excluding hydrogens is 318 g/mol. The third-order valence-corrected chi connectivity index (χ3v) is 5.69. The summed E-state index contributed by atoms with van der Waals surface area (Å²) < 4.78 is 12.8. The van der Waals surface area contributed by atoms with Gasteiger partial charge in [-0.2, -0.15) is 4.68 Å². The van der Waals surface area contributed by atoms with E-state index in [0.717, 1.165) is 56.4 Å². The number of rotatable bonds is 4. The van der Waals surface area contributed by atoms with Gasteiger partial charge in [-0.05, 0) is 47.5 Å². The summed E-state index contributed by atoms with van der Waals surface area (Å²) >= 11 is 0. The SMILES string of the molecule is COc1ccc(-n2nnnc2C2([NH+]3CCOCC3)CCCCC2)cc1. The van der Waals surface area contributed by atoms with E-state index in [-0.39, 0.29) is 5.54 Å². The minimum atomic E-state index is -0.00847. The van der Waals surface area contributed by atoms with Crippen molar-refractivity contribution in [2.24, 2.45) is 0 Å². The number of nitrogens with one attached hydrogen (secondary N) is 1. The molecule has 2 aliphatic rings. The molecule has 25 heavy (non-hydrogen) atoms. The second kappa shape index (κ2) is 7.09. The van der Waals surface area contributed by atoms with Crippen molar-refractivity contribution < 1.29 is 14.4 Å². The quantitative estimate of drug-likeness (QED) is 0.886. The Labute approximate surface area is 147 Å². The molecule has 1 aliphatic carbocycles. The predicted molar refractivity (Wildman–Crippen MR) is 92.0 cm³/mol. The van der Waals surface area contributed by atoms with Crippen LogP contribution in [0.1, 0.15) is 37.9 Å². The highest BCUT2D eigenvalue weighted by atomic mass is 16.5. The molecule has 2 heterocycles. The lowest BCUT2D eigenvalue weighted by Gasteiger charge is -2.43. The maximum atomic E-state index is 5.60. The molecule has 2 fully saturated rings. The van der Waals surface area contributed by atoms with Crippen molar-refractivity contribution in [3.05, 3.63) is 30.1 Å². The number of aromatic nitrogens is 4. The first-order valence-corrected chi connectivity index (χ1v) is 9.20. The van der Waals surface area contributed by atoms with Gasteiger partial charge in [0, 0.05) is 12.8 Å². The molecule has 2 aromatic rings. The molecule has 1 aliphatic heterocycles. The van der Waals surface area contributed by atoms with Crippen molar-refractivity contribution in [2.75, 3.05) is 33.4 Å². The van der Waals surface area contributed by atoms with E-state index >= 15 is 0 Å².